The third kappa shape index (κ3) is 5.74. The highest BCUT2D eigenvalue weighted by molar-refractivity contribution is 7.12. The molecular formula is C23H23FN2O2S. The van der Waals surface area contributed by atoms with Gasteiger partial charge in [0.1, 0.15) is 5.82 Å². The van der Waals surface area contributed by atoms with Crippen molar-refractivity contribution >= 4 is 28.8 Å². The van der Waals surface area contributed by atoms with Crippen LogP contribution in [0.2, 0.25) is 0 Å². The topological polar surface area (TPSA) is 49.4 Å². The van der Waals surface area contributed by atoms with Gasteiger partial charge in [-0.25, -0.2) is 4.39 Å². The molecular weight excluding hydrogens is 387 g/mol. The quantitative estimate of drug-likeness (QED) is 0.608. The summed E-state index contributed by atoms with van der Waals surface area (Å²) >= 11 is 1.37. The van der Waals surface area contributed by atoms with Crippen molar-refractivity contribution in [3.63, 3.8) is 0 Å². The van der Waals surface area contributed by atoms with E-state index in [0.29, 0.717) is 16.1 Å². The maximum Gasteiger partial charge on any atom is 0.268 e. The van der Waals surface area contributed by atoms with E-state index in [1.165, 1.54) is 23.5 Å². The molecule has 3 aromatic rings. The minimum Gasteiger partial charge on any atom is -0.354 e. The Balaban J connectivity index is 1.83. The molecule has 2 aromatic carbocycles. The van der Waals surface area contributed by atoms with E-state index in [2.05, 4.69) is 5.32 Å². The molecule has 0 bridgehead atoms. The number of hydrogen-bond acceptors (Lipinski definition) is 3. The van der Waals surface area contributed by atoms with Crippen LogP contribution in [0.25, 0.3) is 0 Å². The minimum atomic E-state index is -0.336. The fourth-order valence-electron chi connectivity index (χ4n) is 2.98. The van der Waals surface area contributed by atoms with Gasteiger partial charge in [0.15, 0.2) is 0 Å². The number of nitrogens with one attached hydrogen (secondary N) is 1. The SMILES string of the molecule is CC(C)NC(=O)Cc1ccc(N(Cc2cccc(F)c2)C(=O)c2cccs2)cc1. The summed E-state index contributed by atoms with van der Waals surface area (Å²) in [6.45, 7) is 4.09. The first-order valence-electron chi connectivity index (χ1n) is 9.40. The molecule has 0 saturated carbocycles. The van der Waals surface area contributed by atoms with Crippen molar-refractivity contribution in [1.29, 1.82) is 0 Å². The van der Waals surface area contributed by atoms with Gasteiger partial charge in [0.25, 0.3) is 5.91 Å². The zero-order valence-electron chi connectivity index (χ0n) is 16.4. The number of hydrogen-bond donors (Lipinski definition) is 1. The Hall–Kier alpha value is -2.99. The van der Waals surface area contributed by atoms with Gasteiger partial charge in [-0.05, 0) is 60.7 Å². The molecule has 6 heteroatoms. The van der Waals surface area contributed by atoms with Gasteiger partial charge in [-0.3, -0.25) is 9.59 Å². The average Bonchev–Trinajstić information content (AvgIpc) is 3.20. The van der Waals surface area contributed by atoms with Crippen LogP contribution in [0.3, 0.4) is 0 Å². The van der Waals surface area contributed by atoms with E-state index >= 15 is 0 Å². The largest absolute Gasteiger partial charge is 0.354 e. The first kappa shape index (κ1) is 20.7. The van der Waals surface area contributed by atoms with Crippen LogP contribution in [0.1, 0.15) is 34.6 Å². The number of amides is 2. The number of halogens is 1. The molecule has 2 amide bonds. The lowest BCUT2D eigenvalue weighted by molar-refractivity contribution is -0.120. The summed E-state index contributed by atoms with van der Waals surface area (Å²) in [6.07, 6.45) is 0.279. The van der Waals surface area contributed by atoms with Crippen molar-refractivity contribution < 1.29 is 14.0 Å². The second-order valence-electron chi connectivity index (χ2n) is 7.06. The third-order valence-corrected chi connectivity index (χ3v) is 5.13. The van der Waals surface area contributed by atoms with Crippen LogP contribution in [-0.4, -0.2) is 17.9 Å². The lowest BCUT2D eigenvalue weighted by atomic mass is 10.1. The molecule has 1 heterocycles. The zero-order chi connectivity index (χ0) is 20.8. The lowest BCUT2D eigenvalue weighted by Crippen LogP contribution is -2.31. The fraction of sp³-hybridized carbons (Fsp3) is 0.217. The van der Waals surface area contributed by atoms with Gasteiger partial charge in [0.2, 0.25) is 5.91 Å². The maximum atomic E-state index is 13.6. The summed E-state index contributed by atoms with van der Waals surface area (Å²) < 4.78 is 13.6. The van der Waals surface area contributed by atoms with Gasteiger partial charge in [0.05, 0.1) is 17.8 Å². The van der Waals surface area contributed by atoms with E-state index in [4.69, 9.17) is 0 Å². The highest BCUT2D eigenvalue weighted by Crippen LogP contribution is 2.23. The smallest absolute Gasteiger partial charge is 0.268 e. The normalized spacial score (nSPS) is 10.8. The Morgan fingerprint density at radius 1 is 1.03 bits per heavy atom. The number of carbonyl (C=O) groups excluding carboxylic acids is 2. The zero-order valence-corrected chi connectivity index (χ0v) is 17.2. The van der Waals surface area contributed by atoms with Crippen LogP contribution in [-0.2, 0) is 17.8 Å². The van der Waals surface area contributed by atoms with Crippen molar-refractivity contribution in [3.05, 3.63) is 87.9 Å². The van der Waals surface area contributed by atoms with Crippen LogP contribution in [0, 0.1) is 5.82 Å². The molecule has 150 valence electrons. The molecule has 1 aromatic heterocycles. The molecule has 0 atom stereocenters. The third-order valence-electron chi connectivity index (χ3n) is 4.27. The van der Waals surface area contributed by atoms with Crippen molar-refractivity contribution in [2.45, 2.75) is 32.9 Å². The predicted octanol–water partition coefficient (Wildman–Crippen LogP) is 4.80. The second kappa shape index (κ2) is 9.47. The molecule has 0 unspecified atom stereocenters. The van der Waals surface area contributed by atoms with Crippen molar-refractivity contribution in [3.8, 4) is 0 Å². The number of thiophene rings is 1. The molecule has 0 aliphatic carbocycles. The van der Waals surface area contributed by atoms with Crippen LogP contribution < -0.4 is 10.2 Å². The number of carbonyl (C=O) groups is 2. The van der Waals surface area contributed by atoms with Crippen molar-refractivity contribution in [1.82, 2.24) is 5.32 Å². The number of rotatable bonds is 7. The van der Waals surface area contributed by atoms with Crippen LogP contribution >= 0.6 is 11.3 Å². The summed E-state index contributed by atoms with van der Waals surface area (Å²) in [5, 5.41) is 4.72. The lowest BCUT2D eigenvalue weighted by Gasteiger charge is -2.23. The molecule has 1 N–H and O–H groups in total. The number of benzene rings is 2. The number of nitrogens with zero attached hydrogens (tertiary/aromatic N) is 1. The van der Waals surface area contributed by atoms with Gasteiger partial charge >= 0.3 is 0 Å². The molecule has 0 spiro atoms. The molecule has 4 nitrogen and oxygen atoms in total. The van der Waals surface area contributed by atoms with Gasteiger partial charge in [-0.2, -0.15) is 0 Å². The maximum absolute atomic E-state index is 13.6. The van der Waals surface area contributed by atoms with E-state index in [-0.39, 0.29) is 36.6 Å². The van der Waals surface area contributed by atoms with Gasteiger partial charge in [0, 0.05) is 11.7 Å². The predicted molar refractivity (Wildman–Crippen MR) is 115 cm³/mol. The fourth-order valence-corrected chi connectivity index (χ4v) is 3.66. The van der Waals surface area contributed by atoms with Crippen molar-refractivity contribution in [2.75, 3.05) is 4.90 Å². The van der Waals surface area contributed by atoms with Crippen LogP contribution in [0.15, 0.2) is 66.0 Å². The van der Waals surface area contributed by atoms with Crippen LogP contribution in [0.4, 0.5) is 10.1 Å². The highest BCUT2D eigenvalue weighted by atomic mass is 32.1. The summed E-state index contributed by atoms with van der Waals surface area (Å²) in [5.74, 6) is -0.522. The van der Waals surface area contributed by atoms with Crippen molar-refractivity contribution in [2.24, 2.45) is 0 Å². The Morgan fingerprint density at radius 2 is 1.79 bits per heavy atom. The van der Waals surface area contributed by atoms with Gasteiger partial charge in [-0.15, -0.1) is 11.3 Å². The Bertz CT molecular complexity index is 969. The summed E-state index contributed by atoms with van der Waals surface area (Å²) in [7, 11) is 0. The van der Waals surface area contributed by atoms with E-state index in [0.717, 1.165) is 5.56 Å². The molecule has 0 radical (unpaired) electrons. The van der Waals surface area contributed by atoms with E-state index in [1.807, 2.05) is 49.6 Å². The summed E-state index contributed by atoms with van der Waals surface area (Å²) in [6, 6.07) is 17.3. The number of anilines is 1. The Morgan fingerprint density at radius 3 is 2.41 bits per heavy atom. The summed E-state index contributed by atoms with van der Waals surface area (Å²) in [5.41, 5.74) is 2.26. The molecule has 0 aliphatic rings. The molecule has 0 saturated heterocycles. The van der Waals surface area contributed by atoms with E-state index < -0.39 is 0 Å². The second-order valence-corrected chi connectivity index (χ2v) is 8.01. The average molecular weight is 411 g/mol. The van der Waals surface area contributed by atoms with Gasteiger partial charge < -0.3 is 10.2 Å². The first-order chi connectivity index (χ1) is 13.9. The van der Waals surface area contributed by atoms with Gasteiger partial charge in [-0.1, -0.05) is 30.3 Å². The van der Waals surface area contributed by atoms with E-state index in [9.17, 15) is 14.0 Å². The van der Waals surface area contributed by atoms with Crippen LogP contribution in [0.5, 0.6) is 0 Å². The molecule has 3 rings (SSSR count). The highest BCUT2D eigenvalue weighted by Gasteiger charge is 2.19. The summed E-state index contributed by atoms with van der Waals surface area (Å²) in [4.78, 5) is 27.3. The monoisotopic (exact) mass is 410 g/mol. The minimum absolute atomic E-state index is 0.0426. The molecule has 0 aliphatic heterocycles. The first-order valence-corrected chi connectivity index (χ1v) is 10.3. The molecule has 0 fully saturated rings. The van der Waals surface area contributed by atoms with E-state index in [1.54, 1.807) is 23.1 Å². The standard InChI is InChI=1S/C23H23FN2O2S/c1-16(2)25-22(27)14-17-8-10-20(11-9-17)26(23(28)21-7-4-12-29-21)15-18-5-3-6-19(24)13-18/h3-13,16H,14-15H2,1-2H3,(H,25,27). The Kier molecular flexibility index (Phi) is 6.77. The molecule has 29 heavy (non-hydrogen) atoms. The Labute approximate surface area is 174 Å².